The molecular weight excluding hydrogens is 234 g/mol. The summed E-state index contributed by atoms with van der Waals surface area (Å²) in [5.74, 6) is 0.425. The van der Waals surface area contributed by atoms with Crippen molar-refractivity contribution in [2.45, 2.75) is 44.6 Å². The van der Waals surface area contributed by atoms with Crippen LogP contribution in [-0.2, 0) is 0 Å². The van der Waals surface area contributed by atoms with Gasteiger partial charge in [0.1, 0.15) is 5.01 Å². The molecule has 17 heavy (non-hydrogen) atoms. The standard InChI is InChI=1S/C12H19N3OS/c1-9-13-14-11(17-9)15-7-6-12(16)5-3-2-4-10(12)8-15/h10,16H,2-8H2,1H3. The van der Waals surface area contributed by atoms with E-state index in [2.05, 4.69) is 15.1 Å². The summed E-state index contributed by atoms with van der Waals surface area (Å²) in [6.45, 7) is 3.86. The summed E-state index contributed by atoms with van der Waals surface area (Å²) in [7, 11) is 0. The molecule has 1 saturated carbocycles. The van der Waals surface area contributed by atoms with E-state index < -0.39 is 5.60 Å². The number of hydrogen-bond donors (Lipinski definition) is 1. The van der Waals surface area contributed by atoms with Crippen LogP contribution in [0.25, 0.3) is 0 Å². The molecule has 0 radical (unpaired) electrons. The molecule has 0 bridgehead atoms. The molecule has 1 N–H and O–H groups in total. The van der Waals surface area contributed by atoms with Crippen molar-refractivity contribution in [1.29, 1.82) is 0 Å². The summed E-state index contributed by atoms with van der Waals surface area (Å²) >= 11 is 1.65. The van der Waals surface area contributed by atoms with Crippen molar-refractivity contribution in [1.82, 2.24) is 10.2 Å². The van der Waals surface area contributed by atoms with Gasteiger partial charge in [-0.25, -0.2) is 0 Å². The number of anilines is 1. The minimum atomic E-state index is -0.394. The highest BCUT2D eigenvalue weighted by molar-refractivity contribution is 7.15. The molecule has 94 valence electrons. The van der Waals surface area contributed by atoms with Gasteiger partial charge in [0.05, 0.1) is 5.60 Å². The Hall–Kier alpha value is -0.680. The predicted molar refractivity (Wildman–Crippen MR) is 68.4 cm³/mol. The molecule has 1 aliphatic heterocycles. The largest absolute Gasteiger partial charge is 0.389 e. The summed E-state index contributed by atoms with van der Waals surface area (Å²) in [5, 5.41) is 20.9. The third-order valence-electron chi connectivity index (χ3n) is 4.21. The molecule has 3 rings (SSSR count). The fraction of sp³-hybridized carbons (Fsp3) is 0.833. The average molecular weight is 253 g/mol. The highest BCUT2D eigenvalue weighted by Gasteiger charge is 2.43. The van der Waals surface area contributed by atoms with Gasteiger partial charge in [0.15, 0.2) is 0 Å². The fourth-order valence-electron chi connectivity index (χ4n) is 3.16. The second kappa shape index (κ2) is 4.21. The first kappa shape index (κ1) is 11.4. The van der Waals surface area contributed by atoms with Crippen molar-refractivity contribution in [3.8, 4) is 0 Å². The van der Waals surface area contributed by atoms with Gasteiger partial charge >= 0.3 is 0 Å². The second-order valence-corrected chi connectivity index (χ2v) is 6.51. The number of nitrogens with zero attached hydrogens (tertiary/aromatic N) is 3. The van der Waals surface area contributed by atoms with E-state index in [1.165, 1.54) is 12.8 Å². The van der Waals surface area contributed by atoms with Crippen molar-refractivity contribution in [3.63, 3.8) is 0 Å². The Balaban J connectivity index is 1.75. The molecule has 0 amide bonds. The number of rotatable bonds is 1. The van der Waals surface area contributed by atoms with E-state index in [0.717, 1.165) is 42.5 Å². The summed E-state index contributed by atoms with van der Waals surface area (Å²) in [6, 6.07) is 0. The van der Waals surface area contributed by atoms with Crippen molar-refractivity contribution < 1.29 is 5.11 Å². The summed E-state index contributed by atoms with van der Waals surface area (Å²) in [4.78, 5) is 2.30. The minimum absolute atomic E-state index is 0.394. The van der Waals surface area contributed by atoms with E-state index >= 15 is 0 Å². The van der Waals surface area contributed by atoms with Gasteiger partial charge in [-0.15, -0.1) is 10.2 Å². The normalized spacial score (nSPS) is 33.5. The number of aryl methyl sites for hydroxylation is 1. The summed E-state index contributed by atoms with van der Waals surface area (Å²) < 4.78 is 0. The van der Waals surface area contributed by atoms with Crippen LogP contribution >= 0.6 is 11.3 Å². The average Bonchev–Trinajstić information content (AvgIpc) is 2.75. The van der Waals surface area contributed by atoms with Gasteiger partial charge in [-0.3, -0.25) is 0 Å². The van der Waals surface area contributed by atoms with Crippen molar-refractivity contribution >= 4 is 16.5 Å². The Labute approximate surface area is 106 Å². The molecule has 1 aromatic heterocycles. The number of fused-ring (bicyclic) bond motifs is 1. The molecule has 1 aromatic rings. The molecule has 4 nitrogen and oxygen atoms in total. The molecule has 2 aliphatic rings. The van der Waals surface area contributed by atoms with Crippen molar-refractivity contribution in [2.75, 3.05) is 18.0 Å². The van der Waals surface area contributed by atoms with Crippen LogP contribution in [-0.4, -0.2) is 34.0 Å². The first-order valence-electron chi connectivity index (χ1n) is 6.45. The van der Waals surface area contributed by atoms with Gasteiger partial charge < -0.3 is 10.0 Å². The maximum absolute atomic E-state index is 10.6. The van der Waals surface area contributed by atoms with E-state index in [9.17, 15) is 5.11 Å². The van der Waals surface area contributed by atoms with Crippen LogP contribution in [0.1, 0.15) is 37.1 Å². The lowest BCUT2D eigenvalue weighted by Crippen LogP contribution is -2.53. The highest BCUT2D eigenvalue weighted by atomic mass is 32.1. The van der Waals surface area contributed by atoms with Gasteiger partial charge in [0.2, 0.25) is 5.13 Å². The van der Waals surface area contributed by atoms with Crippen molar-refractivity contribution in [3.05, 3.63) is 5.01 Å². The Morgan fingerprint density at radius 1 is 1.35 bits per heavy atom. The maximum Gasteiger partial charge on any atom is 0.208 e. The number of aromatic nitrogens is 2. The van der Waals surface area contributed by atoms with E-state index in [0.29, 0.717) is 5.92 Å². The molecule has 2 heterocycles. The zero-order valence-corrected chi connectivity index (χ0v) is 11.0. The fourth-order valence-corrected chi connectivity index (χ4v) is 3.88. The van der Waals surface area contributed by atoms with Crippen LogP contribution < -0.4 is 4.90 Å². The number of hydrogen-bond acceptors (Lipinski definition) is 5. The Morgan fingerprint density at radius 3 is 3.00 bits per heavy atom. The van der Waals surface area contributed by atoms with E-state index in [1.54, 1.807) is 11.3 Å². The van der Waals surface area contributed by atoms with Gasteiger partial charge in [0.25, 0.3) is 0 Å². The minimum Gasteiger partial charge on any atom is -0.389 e. The van der Waals surface area contributed by atoms with Gasteiger partial charge in [-0.1, -0.05) is 24.2 Å². The molecular formula is C12H19N3OS. The summed E-state index contributed by atoms with van der Waals surface area (Å²) in [6.07, 6.45) is 5.47. The van der Waals surface area contributed by atoms with E-state index in [1.807, 2.05) is 6.92 Å². The smallest absolute Gasteiger partial charge is 0.208 e. The lowest BCUT2D eigenvalue weighted by molar-refractivity contribution is -0.0612. The lowest BCUT2D eigenvalue weighted by atomic mass is 9.71. The lowest BCUT2D eigenvalue weighted by Gasteiger charge is -2.47. The van der Waals surface area contributed by atoms with Crippen LogP contribution in [0.5, 0.6) is 0 Å². The molecule has 1 saturated heterocycles. The van der Waals surface area contributed by atoms with Crippen LogP contribution in [0, 0.1) is 12.8 Å². The third-order valence-corrected chi connectivity index (χ3v) is 5.11. The molecule has 0 aromatic carbocycles. The number of aliphatic hydroxyl groups is 1. The first-order chi connectivity index (χ1) is 8.17. The molecule has 1 aliphatic carbocycles. The second-order valence-electron chi connectivity index (χ2n) is 5.35. The molecule has 5 heteroatoms. The highest BCUT2D eigenvalue weighted by Crippen LogP contribution is 2.41. The first-order valence-corrected chi connectivity index (χ1v) is 7.26. The molecule has 2 atom stereocenters. The van der Waals surface area contributed by atoms with Crippen molar-refractivity contribution in [2.24, 2.45) is 5.92 Å². The summed E-state index contributed by atoms with van der Waals surface area (Å²) in [5.41, 5.74) is -0.394. The molecule has 0 spiro atoms. The third kappa shape index (κ3) is 2.06. The Kier molecular flexibility index (Phi) is 2.83. The monoisotopic (exact) mass is 253 g/mol. The van der Waals surface area contributed by atoms with Gasteiger partial charge in [0, 0.05) is 19.0 Å². The van der Waals surface area contributed by atoms with E-state index in [4.69, 9.17) is 0 Å². The Morgan fingerprint density at radius 2 is 2.24 bits per heavy atom. The van der Waals surface area contributed by atoms with Crippen LogP contribution in [0.4, 0.5) is 5.13 Å². The van der Waals surface area contributed by atoms with E-state index in [-0.39, 0.29) is 0 Å². The maximum atomic E-state index is 10.6. The van der Waals surface area contributed by atoms with Crippen LogP contribution in [0.15, 0.2) is 0 Å². The number of piperidine rings is 1. The zero-order chi connectivity index (χ0) is 11.9. The van der Waals surface area contributed by atoms with Gasteiger partial charge in [-0.2, -0.15) is 0 Å². The van der Waals surface area contributed by atoms with Crippen LogP contribution in [0.3, 0.4) is 0 Å². The quantitative estimate of drug-likeness (QED) is 0.831. The molecule has 2 fully saturated rings. The van der Waals surface area contributed by atoms with Crippen LogP contribution in [0.2, 0.25) is 0 Å². The van der Waals surface area contributed by atoms with Gasteiger partial charge in [-0.05, 0) is 26.2 Å². The molecule has 2 unspecified atom stereocenters. The predicted octanol–water partition coefficient (Wildman–Crippen LogP) is 1.98. The zero-order valence-electron chi connectivity index (χ0n) is 10.2. The Bertz CT molecular complexity index is 408. The topological polar surface area (TPSA) is 49.2 Å². The SMILES string of the molecule is Cc1nnc(N2CCC3(O)CCCCC3C2)s1.